The van der Waals surface area contributed by atoms with Gasteiger partial charge in [0.05, 0.1) is 4.90 Å². The Morgan fingerprint density at radius 3 is 2.82 bits per heavy atom. The maximum absolute atomic E-state index is 11.7. The Kier molecular flexibility index (Phi) is 3.81. The lowest BCUT2D eigenvalue weighted by Crippen LogP contribution is -2.27. The molecule has 17 heavy (non-hydrogen) atoms. The van der Waals surface area contributed by atoms with Gasteiger partial charge < -0.3 is 5.32 Å². The van der Waals surface area contributed by atoms with Gasteiger partial charge in [-0.25, -0.2) is 13.1 Å². The zero-order chi connectivity index (χ0) is 12.3. The van der Waals surface area contributed by atoms with Crippen LogP contribution < -0.4 is 10.0 Å². The quantitative estimate of drug-likeness (QED) is 0.857. The number of sulfonamides is 1. The lowest BCUT2D eigenvalue weighted by molar-refractivity contribution is 0.412. The smallest absolute Gasteiger partial charge is 0.240 e. The van der Waals surface area contributed by atoms with Crippen LogP contribution in [-0.4, -0.2) is 22.0 Å². The minimum atomic E-state index is -3.34. The molecule has 0 radical (unpaired) electrons. The van der Waals surface area contributed by atoms with Crippen LogP contribution in [0.25, 0.3) is 0 Å². The molecular weight excluding hydrogens is 236 g/mol. The third-order valence-electron chi connectivity index (χ3n) is 3.15. The van der Waals surface area contributed by atoms with Crippen LogP contribution in [0.2, 0.25) is 0 Å². The highest BCUT2D eigenvalue weighted by molar-refractivity contribution is 7.89. The van der Waals surface area contributed by atoms with Gasteiger partial charge in [-0.1, -0.05) is 18.6 Å². The number of benzene rings is 1. The molecule has 4 nitrogen and oxygen atoms in total. The van der Waals surface area contributed by atoms with E-state index in [0.29, 0.717) is 4.90 Å². The standard InChI is InChI=1S/C12H18N2O2S/c1-13-17(15,16)11-6-4-5-10(9-11)12-7-2-3-8-14-12/h4-6,9,12-14H,2-3,7-8H2,1H3/t12-/m0/s1. The Hall–Kier alpha value is -0.910. The second kappa shape index (κ2) is 5.16. The molecule has 1 saturated heterocycles. The van der Waals surface area contributed by atoms with Gasteiger partial charge in [-0.3, -0.25) is 0 Å². The number of hydrogen-bond acceptors (Lipinski definition) is 3. The van der Waals surface area contributed by atoms with Gasteiger partial charge in [-0.15, -0.1) is 0 Å². The summed E-state index contributed by atoms with van der Waals surface area (Å²) in [5, 5.41) is 3.42. The fraction of sp³-hybridized carbons (Fsp3) is 0.500. The monoisotopic (exact) mass is 254 g/mol. The van der Waals surface area contributed by atoms with Crippen LogP contribution in [0.5, 0.6) is 0 Å². The topological polar surface area (TPSA) is 58.2 Å². The van der Waals surface area contributed by atoms with Gasteiger partial charge >= 0.3 is 0 Å². The molecule has 1 fully saturated rings. The second-order valence-corrected chi connectivity index (χ2v) is 6.17. The summed E-state index contributed by atoms with van der Waals surface area (Å²) < 4.78 is 25.7. The Labute approximate surface area is 102 Å². The molecule has 0 amide bonds. The molecular formula is C12H18N2O2S. The molecule has 1 aliphatic heterocycles. The Morgan fingerprint density at radius 1 is 1.35 bits per heavy atom. The molecule has 0 spiro atoms. The Balaban J connectivity index is 2.28. The highest BCUT2D eigenvalue weighted by atomic mass is 32.2. The van der Waals surface area contributed by atoms with E-state index < -0.39 is 10.0 Å². The van der Waals surface area contributed by atoms with Crippen molar-refractivity contribution in [3.8, 4) is 0 Å². The van der Waals surface area contributed by atoms with Crippen molar-refractivity contribution in [1.29, 1.82) is 0 Å². The first-order chi connectivity index (χ1) is 8.13. The SMILES string of the molecule is CNS(=O)(=O)c1cccc([C@@H]2CCCCN2)c1. The highest BCUT2D eigenvalue weighted by Gasteiger charge is 2.17. The number of hydrogen-bond donors (Lipinski definition) is 2. The van der Waals surface area contributed by atoms with Crippen molar-refractivity contribution in [2.45, 2.75) is 30.2 Å². The van der Waals surface area contributed by atoms with Gasteiger partial charge in [0, 0.05) is 6.04 Å². The van der Waals surface area contributed by atoms with E-state index >= 15 is 0 Å². The summed E-state index contributed by atoms with van der Waals surface area (Å²) >= 11 is 0. The molecule has 94 valence electrons. The van der Waals surface area contributed by atoms with E-state index in [2.05, 4.69) is 10.0 Å². The molecule has 1 aromatic carbocycles. The average molecular weight is 254 g/mol. The molecule has 0 bridgehead atoms. The zero-order valence-electron chi connectivity index (χ0n) is 9.94. The first-order valence-electron chi connectivity index (χ1n) is 5.90. The minimum absolute atomic E-state index is 0.288. The van der Waals surface area contributed by atoms with Gasteiger partial charge in [0.1, 0.15) is 0 Å². The summed E-state index contributed by atoms with van der Waals surface area (Å²) in [6.07, 6.45) is 3.47. The molecule has 0 saturated carbocycles. The van der Waals surface area contributed by atoms with Gasteiger partial charge in [0.15, 0.2) is 0 Å². The molecule has 1 atom stereocenters. The lowest BCUT2D eigenvalue weighted by Gasteiger charge is -2.24. The maximum Gasteiger partial charge on any atom is 0.240 e. The van der Waals surface area contributed by atoms with Gasteiger partial charge in [-0.2, -0.15) is 0 Å². The summed E-state index contributed by atoms with van der Waals surface area (Å²) in [6, 6.07) is 7.45. The van der Waals surface area contributed by atoms with E-state index in [1.54, 1.807) is 18.2 Å². The third-order valence-corrected chi connectivity index (χ3v) is 4.56. The molecule has 0 unspecified atom stereocenters. The summed E-state index contributed by atoms with van der Waals surface area (Å²) in [5.74, 6) is 0. The van der Waals surface area contributed by atoms with E-state index in [1.807, 2.05) is 6.07 Å². The number of rotatable bonds is 3. The van der Waals surface area contributed by atoms with Crippen LogP contribution >= 0.6 is 0 Å². The van der Waals surface area contributed by atoms with Gasteiger partial charge in [-0.05, 0) is 44.1 Å². The normalized spacial score (nSPS) is 21.4. The minimum Gasteiger partial charge on any atom is -0.310 e. The van der Waals surface area contributed by atoms with Crippen LogP contribution in [0.4, 0.5) is 0 Å². The predicted molar refractivity (Wildman–Crippen MR) is 67.3 cm³/mol. The molecule has 1 aliphatic rings. The molecule has 0 aliphatic carbocycles. The maximum atomic E-state index is 11.7. The summed E-state index contributed by atoms with van der Waals surface area (Å²) in [7, 11) is -1.91. The summed E-state index contributed by atoms with van der Waals surface area (Å²) in [4.78, 5) is 0.338. The van der Waals surface area contributed by atoms with Gasteiger partial charge in [0.2, 0.25) is 10.0 Å². The largest absolute Gasteiger partial charge is 0.310 e. The van der Waals surface area contributed by atoms with Crippen molar-refractivity contribution in [2.75, 3.05) is 13.6 Å². The van der Waals surface area contributed by atoms with Crippen LogP contribution in [0.15, 0.2) is 29.2 Å². The van der Waals surface area contributed by atoms with Gasteiger partial charge in [0.25, 0.3) is 0 Å². The van der Waals surface area contributed by atoms with Crippen LogP contribution in [0, 0.1) is 0 Å². The van der Waals surface area contributed by atoms with Crippen molar-refractivity contribution in [2.24, 2.45) is 0 Å². The summed E-state index contributed by atoms with van der Waals surface area (Å²) in [5.41, 5.74) is 1.06. The summed E-state index contributed by atoms with van der Waals surface area (Å²) in [6.45, 7) is 1.01. The Morgan fingerprint density at radius 2 is 2.18 bits per heavy atom. The van der Waals surface area contributed by atoms with E-state index in [9.17, 15) is 8.42 Å². The first-order valence-corrected chi connectivity index (χ1v) is 7.39. The van der Waals surface area contributed by atoms with Crippen LogP contribution in [0.3, 0.4) is 0 Å². The second-order valence-electron chi connectivity index (χ2n) is 4.28. The molecule has 2 N–H and O–H groups in total. The van der Waals surface area contributed by atoms with Crippen molar-refractivity contribution < 1.29 is 8.42 Å². The average Bonchev–Trinajstić information content (AvgIpc) is 2.40. The Bertz CT molecular complexity index is 479. The lowest BCUT2D eigenvalue weighted by atomic mass is 9.98. The third kappa shape index (κ3) is 2.86. The predicted octanol–water partition coefficient (Wildman–Crippen LogP) is 1.41. The molecule has 1 aromatic rings. The van der Waals surface area contributed by atoms with E-state index in [0.717, 1.165) is 18.5 Å². The molecule has 5 heteroatoms. The van der Waals surface area contributed by atoms with E-state index in [-0.39, 0.29) is 6.04 Å². The fourth-order valence-electron chi connectivity index (χ4n) is 2.15. The van der Waals surface area contributed by atoms with Crippen molar-refractivity contribution in [3.63, 3.8) is 0 Å². The van der Waals surface area contributed by atoms with E-state index in [4.69, 9.17) is 0 Å². The molecule has 1 heterocycles. The molecule has 2 rings (SSSR count). The van der Waals surface area contributed by atoms with Crippen molar-refractivity contribution in [1.82, 2.24) is 10.0 Å². The zero-order valence-corrected chi connectivity index (χ0v) is 10.8. The number of piperidine rings is 1. The first kappa shape index (κ1) is 12.5. The molecule has 0 aromatic heterocycles. The van der Waals surface area contributed by atoms with E-state index in [1.165, 1.54) is 19.9 Å². The number of nitrogens with one attached hydrogen (secondary N) is 2. The fourth-order valence-corrected chi connectivity index (χ4v) is 2.94. The van der Waals surface area contributed by atoms with Crippen LogP contribution in [0.1, 0.15) is 30.9 Å². The van der Waals surface area contributed by atoms with Crippen molar-refractivity contribution in [3.05, 3.63) is 29.8 Å². The highest BCUT2D eigenvalue weighted by Crippen LogP contribution is 2.24. The van der Waals surface area contributed by atoms with Crippen molar-refractivity contribution >= 4 is 10.0 Å². The van der Waals surface area contributed by atoms with Crippen LogP contribution in [-0.2, 0) is 10.0 Å².